The molecule has 108 valence electrons. The molecular formula is C13H28N2O2S. The Hall–Kier alpha value is -0.420. The molecule has 3 N–H and O–H groups in total. The molecule has 0 aromatic heterocycles. The molecule has 0 saturated heterocycles. The van der Waals surface area contributed by atoms with Gasteiger partial charge in [-0.3, -0.25) is 0 Å². The van der Waals surface area contributed by atoms with Gasteiger partial charge < -0.3 is 15.7 Å². The number of nitrogens with one attached hydrogen (secondary N) is 2. The van der Waals surface area contributed by atoms with Crippen LogP contribution in [0.1, 0.15) is 34.6 Å². The van der Waals surface area contributed by atoms with Crippen molar-refractivity contribution in [3.63, 3.8) is 0 Å². The lowest BCUT2D eigenvalue weighted by Gasteiger charge is -2.33. The normalized spacial score (nSPS) is 15.3. The molecule has 0 radical (unpaired) electrons. The lowest BCUT2D eigenvalue weighted by atomic mass is 9.81. The Kier molecular flexibility index (Phi) is 7.71. The number of hydrogen-bond acceptors (Lipinski definition) is 3. The van der Waals surface area contributed by atoms with Crippen LogP contribution in [0.2, 0.25) is 0 Å². The second-order valence-electron chi connectivity index (χ2n) is 5.79. The number of hydrogen-bond donors (Lipinski definition) is 3. The van der Waals surface area contributed by atoms with E-state index in [4.69, 9.17) is 0 Å². The van der Waals surface area contributed by atoms with Gasteiger partial charge >= 0.3 is 6.03 Å². The van der Waals surface area contributed by atoms with E-state index in [0.717, 1.165) is 0 Å². The van der Waals surface area contributed by atoms with Crippen molar-refractivity contribution in [1.82, 2.24) is 10.6 Å². The number of rotatable bonds is 7. The Morgan fingerprint density at radius 1 is 1.28 bits per heavy atom. The van der Waals surface area contributed by atoms with E-state index in [2.05, 4.69) is 17.6 Å². The zero-order valence-electron chi connectivity index (χ0n) is 12.4. The van der Waals surface area contributed by atoms with Crippen LogP contribution in [0.4, 0.5) is 4.79 Å². The summed E-state index contributed by atoms with van der Waals surface area (Å²) >= 11 is 1.72. The minimum absolute atomic E-state index is 0.167. The van der Waals surface area contributed by atoms with E-state index in [1.54, 1.807) is 11.8 Å². The van der Waals surface area contributed by atoms with Gasteiger partial charge in [-0.25, -0.2) is 4.79 Å². The Bertz CT molecular complexity index is 257. The lowest BCUT2D eigenvalue weighted by molar-refractivity contribution is 0.0151. The quantitative estimate of drug-likeness (QED) is 0.667. The monoisotopic (exact) mass is 276 g/mol. The van der Waals surface area contributed by atoms with Crippen molar-refractivity contribution in [2.75, 3.05) is 19.3 Å². The van der Waals surface area contributed by atoms with Crippen molar-refractivity contribution in [2.45, 2.75) is 46.0 Å². The fourth-order valence-corrected chi connectivity index (χ4v) is 1.95. The van der Waals surface area contributed by atoms with Gasteiger partial charge in [0.05, 0.1) is 6.10 Å². The van der Waals surface area contributed by atoms with Crippen LogP contribution in [0.25, 0.3) is 0 Å². The third kappa shape index (κ3) is 6.50. The summed E-state index contributed by atoms with van der Waals surface area (Å²) in [7, 11) is 0. The molecular weight excluding hydrogens is 248 g/mol. The van der Waals surface area contributed by atoms with Crippen LogP contribution >= 0.6 is 11.8 Å². The van der Waals surface area contributed by atoms with Crippen molar-refractivity contribution in [3.05, 3.63) is 0 Å². The summed E-state index contributed by atoms with van der Waals surface area (Å²) < 4.78 is 0. The predicted octanol–water partition coefficient (Wildman–Crippen LogP) is 2.08. The number of amides is 2. The maximum atomic E-state index is 11.6. The molecule has 0 heterocycles. The number of aliphatic hydroxyl groups excluding tert-OH is 1. The molecule has 2 atom stereocenters. The van der Waals surface area contributed by atoms with Crippen LogP contribution in [-0.2, 0) is 0 Å². The highest BCUT2D eigenvalue weighted by molar-refractivity contribution is 7.99. The van der Waals surface area contributed by atoms with E-state index in [-0.39, 0.29) is 17.4 Å². The molecule has 0 aliphatic heterocycles. The first-order chi connectivity index (χ1) is 8.20. The molecule has 2 unspecified atom stereocenters. The second kappa shape index (κ2) is 7.89. The summed E-state index contributed by atoms with van der Waals surface area (Å²) in [6.07, 6.45) is 1.59. The molecule has 0 bridgehead atoms. The van der Waals surface area contributed by atoms with Gasteiger partial charge in [-0.15, -0.1) is 0 Å². The summed E-state index contributed by atoms with van der Waals surface area (Å²) in [5, 5.41) is 16.1. The maximum absolute atomic E-state index is 11.6. The highest BCUT2D eigenvalue weighted by Crippen LogP contribution is 2.24. The van der Waals surface area contributed by atoms with E-state index < -0.39 is 6.10 Å². The molecule has 0 aliphatic carbocycles. The highest BCUT2D eigenvalue weighted by Gasteiger charge is 2.30. The Labute approximate surface area is 115 Å². The smallest absolute Gasteiger partial charge is 0.314 e. The molecule has 18 heavy (non-hydrogen) atoms. The van der Waals surface area contributed by atoms with Gasteiger partial charge in [0.25, 0.3) is 0 Å². The van der Waals surface area contributed by atoms with Crippen molar-refractivity contribution >= 4 is 17.8 Å². The summed E-state index contributed by atoms with van der Waals surface area (Å²) in [5.74, 6) is 0.182. The molecule has 0 spiro atoms. The average Bonchev–Trinajstić information content (AvgIpc) is 2.32. The molecule has 0 aromatic rings. The van der Waals surface area contributed by atoms with E-state index in [1.807, 2.05) is 34.0 Å². The second-order valence-corrected chi connectivity index (χ2v) is 7.06. The molecule has 4 nitrogen and oxygen atoms in total. The van der Waals surface area contributed by atoms with Gasteiger partial charge in [-0.2, -0.15) is 11.8 Å². The number of carbonyl (C=O) groups excluding carboxylic acids is 1. The van der Waals surface area contributed by atoms with Crippen LogP contribution in [0, 0.1) is 11.3 Å². The molecule has 2 amide bonds. The highest BCUT2D eigenvalue weighted by atomic mass is 32.2. The summed E-state index contributed by atoms with van der Waals surface area (Å²) in [6.45, 7) is 11.1. The molecule has 0 saturated carbocycles. The van der Waals surface area contributed by atoms with Crippen molar-refractivity contribution in [2.24, 2.45) is 11.3 Å². The van der Waals surface area contributed by atoms with Crippen molar-refractivity contribution in [3.8, 4) is 0 Å². The van der Waals surface area contributed by atoms with Crippen LogP contribution < -0.4 is 10.6 Å². The molecule has 0 rings (SSSR count). The van der Waals surface area contributed by atoms with Gasteiger partial charge in [0.2, 0.25) is 0 Å². The van der Waals surface area contributed by atoms with E-state index in [0.29, 0.717) is 18.3 Å². The average molecular weight is 276 g/mol. The van der Waals surface area contributed by atoms with E-state index >= 15 is 0 Å². The van der Waals surface area contributed by atoms with Crippen LogP contribution in [0.15, 0.2) is 0 Å². The number of carbonyl (C=O) groups is 1. The Morgan fingerprint density at radius 3 is 2.28 bits per heavy atom. The van der Waals surface area contributed by atoms with E-state index in [9.17, 15) is 9.90 Å². The largest absolute Gasteiger partial charge is 0.392 e. The van der Waals surface area contributed by atoms with Crippen LogP contribution in [0.5, 0.6) is 0 Å². The summed E-state index contributed by atoms with van der Waals surface area (Å²) in [6, 6.07) is -0.167. The van der Waals surface area contributed by atoms with Gasteiger partial charge in [0.15, 0.2) is 0 Å². The van der Waals surface area contributed by atoms with Crippen LogP contribution in [0.3, 0.4) is 0 Å². The lowest BCUT2D eigenvalue weighted by Crippen LogP contribution is -2.47. The third-order valence-electron chi connectivity index (χ3n) is 3.09. The standard InChI is InChI=1S/C13H28N2O2S/c1-9(2)11(16)13(4,5)8-15-12(17)14-7-10(3)18-6/h9-11,16H,7-8H2,1-6H3,(H2,14,15,17). The zero-order chi connectivity index (χ0) is 14.3. The maximum Gasteiger partial charge on any atom is 0.314 e. The number of aliphatic hydroxyl groups is 1. The molecule has 0 aromatic carbocycles. The zero-order valence-corrected chi connectivity index (χ0v) is 13.2. The molecule has 0 fully saturated rings. The van der Waals surface area contributed by atoms with Gasteiger partial charge in [0.1, 0.15) is 0 Å². The topological polar surface area (TPSA) is 61.4 Å². The predicted molar refractivity (Wildman–Crippen MR) is 79.0 cm³/mol. The molecule has 5 heteroatoms. The van der Waals surface area contributed by atoms with Crippen molar-refractivity contribution < 1.29 is 9.90 Å². The Balaban J connectivity index is 4.04. The Morgan fingerprint density at radius 2 is 1.83 bits per heavy atom. The first-order valence-corrected chi connectivity index (χ1v) is 7.72. The SMILES string of the molecule is CSC(C)CNC(=O)NCC(C)(C)C(O)C(C)C. The van der Waals surface area contributed by atoms with E-state index in [1.165, 1.54) is 0 Å². The van der Waals surface area contributed by atoms with Gasteiger partial charge in [0, 0.05) is 23.8 Å². The number of urea groups is 1. The van der Waals surface area contributed by atoms with Gasteiger partial charge in [-0.05, 0) is 12.2 Å². The summed E-state index contributed by atoms with van der Waals surface area (Å²) in [5.41, 5.74) is -0.323. The fraction of sp³-hybridized carbons (Fsp3) is 0.923. The minimum atomic E-state index is -0.428. The van der Waals surface area contributed by atoms with Crippen LogP contribution in [-0.4, -0.2) is 41.8 Å². The molecule has 0 aliphatic rings. The summed E-state index contributed by atoms with van der Waals surface area (Å²) in [4.78, 5) is 11.6. The van der Waals surface area contributed by atoms with Crippen molar-refractivity contribution in [1.29, 1.82) is 0 Å². The first kappa shape index (κ1) is 17.6. The van der Waals surface area contributed by atoms with Gasteiger partial charge in [-0.1, -0.05) is 34.6 Å². The first-order valence-electron chi connectivity index (χ1n) is 6.43. The minimum Gasteiger partial charge on any atom is -0.392 e. The number of thioether (sulfide) groups is 1. The fourth-order valence-electron chi connectivity index (χ4n) is 1.70. The third-order valence-corrected chi connectivity index (χ3v) is 4.06.